The van der Waals surface area contributed by atoms with E-state index in [0.29, 0.717) is 0 Å². The van der Waals surface area contributed by atoms with Crippen molar-refractivity contribution < 1.29 is 0 Å². The van der Waals surface area contributed by atoms with Crippen molar-refractivity contribution in [1.82, 2.24) is 4.90 Å². The molecule has 18 heavy (non-hydrogen) atoms. The van der Waals surface area contributed by atoms with Crippen LogP contribution >= 0.6 is 0 Å². The maximum Gasteiger partial charge on any atom is 0.0243 e. The van der Waals surface area contributed by atoms with Crippen LogP contribution in [0.4, 0.5) is 0 Å². The standard InChI is InChI=1S/C17H17N/c1-3-7-15(8-4-1)13-18-12-11-17(14-18)16-9-5-2-6-10-16/h1-11H,12-14H2. The molecule has 0 radical (unpaired) electrons. The first kappa shape index (κ1) is 11.2. The van der Waals surface area contributed by atoms with Gasteiger partial charge in [0.1, 0.15) is 0 Å². The number of rotatable bonds is 3. The van der Waals surface area contributed by atoms with Crippen molar-refractivity contribution in [3.05, 3.63) is 77.9 Å². The molecule has 1 aliphatic heterocycles. The van der Waals surface area contributed by atoms with Gasteiger partial charge in [0.05, 0.1) is 0 Å². The van der Waals surface area contributed by atoms with E-state index in [1.54, 1.807) is 0 Å². The summed E-state index contributed by atoms with van der Waals surface area (Å²) < 4.78 is 0. The summed E-state index contributed by atoms with van der Waals surface area (Å²) in [6, 6.07) is 21.3. The number of nitrogens with zero attached hydrogens (tertiary/aromatic N) is 1. The van der Waals surface area contributed by atoms with Gasteiger partial charge in [-0.05, 0) is 16.7 Å². The molecule has 2 aromatic carbocycles. The van der Waals surface area contributed by atoms with Crippen LogP contribution in [0.25, 0.3) is 5.57 Å². The third-order valence-corrected chi connectivity index (χ3v) is 3.38. The lowest BCUT2D eigenvalue weighted by molar-refractivity contribution is 0.348. The Morgan fingerprint density at radius 3 is 2.22 bits per heavy atom. The van der Waals surface area contributed by atoms with Crippen molar-refractivity contribution in [2.45, 2.75) is 6.54 Å². The van der Waals surface area contributed by atoms with Gasteiger partial charge < -0.3 is 0 Å². The molecule has 2 aromatic rings. The zero-order chi connectivity index (χ0) is 12.2. The highest BCUT2D eigenvalue weighted by atomic mass is 15.1. The van der Waals surface area contributed by atoms with Gasteiger partial charge in [0.25, 0.3) is 0 Å². The first-order valence-electron chi connectivity index (χ1n) is 6.42. The van der Waals surface area contributed by atoms with E-state index in [9.17, 15) is 0 Å². The highest BCUT2D eigenvalue weighted by molar-refractivity contribution is 5.68. The predicted octanol–water partition coefficient (Wildman–Crippen LogP) is 3.59. The summed E-state index contributed by atoms with van der Waals surface area (Å²) in [5, 5.41) is 0. The lowest BCUT2D eigenvalue weighted by Gasteiger charge is -2.16. The van der Waals surface area contributed by atoms with E-state index in [1.165, 1.54) is 16.7 Å². The maximum atomic E-state index is 2.47. The van der Waals surface area contributed by atoms with Crippen LogP contribution in [0.3, 0.4) is 0 Å². The van der Waals surface area contributed by atoms with Crippen molar-refractivity contribution in [2.75, 3.05) is 13.1 Å². The minimum atomic E-state index is 1.04. The van der Waals surface area contributed by atoms with Crippen molar-refractivity contribution in [3.63, 3.8) is 0 Å². The second-order valence-corrected chi connectivity index (χ2v) is 4.75. The third kappa shape index (κ3) is 2.52. The third-order valence-electron chi connectivity index (χ3n) is 3.38. The minimum Gasteiger partial charge on any atom is -0.291 e. The number of hydrogen-bond acceptors (Lipinski definition) is 1. The molecular weight excluding hydrogens is 218 g/mol. The van der Waals surface area contributed by atoms with Gasteiger partial charge in [-0.3, -0.25) is 4.90 Å². The predicted molar refractivity (Wildman–Crippen MR) is 76.1 cm³/mol. The molecule has 0 bridgehead atoms. The quantitative estimate of drug-likeness (QED) is 0.786. The van der Waals surface area contributed by atoms with E-state index >= 15 is 0 Å². The Morgan fingerprint density at radius 1 is 0.833 bits per heavy atom. The molecule has 90 valence electrons. The molecular formula is C17H17N. The molecule has 1 aliphatic rings. The molecule has 0 amide bonds. The van der Waals surface area contributed by atoms with Crippen LogP contribution in [-0.4, -0.2) is 18.0 Å². The highest BCUT2D eigenvalue weighted by Crippen LogP contribution is 2.21. The van der Waals surface area contributed by atoms with Gasteiger partial charge in [-0.1, -0.05) is 66.7 Å². The first-order valence-corrected chi connectivity index (χ1v) is 6.42. The summed E-state index contributed by atoms with van der Waals surface area (Å²) in [7, 11) is 0. The summed E-state index contributed by atoms with van der Waals surface area (Å²) in [6.45, 7) is 3.14. The fourth-order valence-corrected chi connectivity index (χ4v) is 2.43. The molecule has 0 N–H and O–H groups in total. The monoisotopic (exact) mass is 235 g/mol. The van der Waals surface area contributed by atoms with Gasteiger partial charge in [-0.15, -0.1) is 0 Å². The van der Waals surface area contributed by atoms with Gasteiger partial charge in [0, 0.05) is 19.6 Å². The summed E-state index contributed by atoms with van der Waals surface area (Å²) in [6.07, 6.45) is 2.35. The Morgan fingerprint density at radius 2 is 1.50 bits per heavy atom. The van der Waals surface area contributed by atoms with Crippen molar-refractivity contribution >= 4 is 5.57 Å². The van der Waals surface area contributed by atoms with Crippen molar-refractivity contribution in [3.8, 4) is 0 Å². The molecule has 1 nitrogen and oxygen atoms in total. The zero-order valence-electron chi connectivity index (χ0n) is 10.4. The fraction of sp³-hybridized carbons (Fsp3) is 0.176. The van der Waals surface area contributed by atoms with Gasteiger partial charge in [-0.25, -0.2) is 0 Å². The van der Waals surface area contributed by atoms with Crippen LogP contribution in [0.15, 0.2) is 66.7 Å². The minimum absolute atomic E-state index is 1.04. The van der Waals surface area contributed by atoms with E-state index < -0.39 is 0 Å². The van der Waals surface area contributed by atoms with Crippen LogP contribution in [0.1, 0.15) is 11.1 Å². The Labute approximate surface area is 108 Å². The van der Waals surface area contributed by atoms with Gasteiger partial charge in [0.15, 0.2) is 0 Å². The first-order chi connectivity index (χ1) is 8.92. The molecule has 0 aliphatic carbocycles. The summed E-state index contributed by atoms with van der Waals surface area (Å²) in [4.78, 5) is 2.47. The van der Waals surface area contributed by atoms with Crippen LogP contribution < -0.4 is 0 Å². The summed E-state index contributed by atoms with van der Waals surface area (Å²) in [5.74, 6) is 0. The Hall–Kier alpha value is -1.86. The molecule has 0 atom stereocenters. The van der Waals surface area contributed by atoms with E-state index in [1.807, 2.05) is 0 Å². The molecule has 0 unspecified atom stereocenters. The summed E-state index contributed by atoms with van der Waals surface area (Å²) >= 11 is 0. The topological polar surface area (TPSA) is 3.24 Å². The van der Waals surface area contributed by atoms with E-state index in [0.717, 1.165) is 19.6 Å². The highest BCUT2D eigenvalue weighted by Gasteiger charge is 2.14. The number of benzene rings is 2. The smallest absolute Gasteiger partial charge is 0.0243 e. The Kier molecular flexibility index (Phi) is 3.24. The van der Waals surface area contributed by atoms with Gasteiger partial charge in [0.2, 0.25) is 0 Å². The van der Waals surface area contributed by atoms with Crippen LogP contribution in [0, 0.1) is 0 Å². The van der Waals surface area contributed by atoms with Crippen LogP contribution in [0.5, 0.6) is 0 Å². The molecule has 0 saturated carbocycles. The van der Waals surface area contributed by atoms with E-state index in [2.05, 4.69) is 71.6 Å². The molecule has 0 fully saturated rings. The average molecular weight is 235 g/mol. The second-order valence-electron chi connectivity index (χ2n) is 4.75. The molecule has 0 aromatic heterocycles. The van der Waals surface area contributed by atoms with E-state index in [4.69, 9.17) is 0 Å². The lowest BCUT2D eigenvalue weighted by atomic mass is 10.1. The molecule has 3 rings (SSSR count). The van der Waals surface area contributed by atoms with Crippen molar-refractivity contribution in [1.29, 1.82) is 0 Å². The number of hydrogen-bond donors (Lipinski definition) is 0. The summed E-state index contributed by atoms with van der Waals surface area (Å²) in [5.41, 5.74) is 4.19. The van der Waals surface area contributed by atoms with Crippen molar-refractivity contribution in [2.24, 2.45) is 0 Å². The second kappa shape index (κ2) is 5.19. The molecule has 1 heterocycles. The lowest BCUT2D eigenvalue weighted by Crippen LogP contribution is -2.19. The molecule has 1 heteroatoms. The Bertz CT molecular complexity index is 528. The molecule has 0 saturated heterocycles. The van der Waals surface area contributed by atoms with E-state index in [-0.39, 0.29) is 0 Å². The van der Waals surface area contributed by atoms with Crippen LogP contribution in [-0.2, 0) is 6.54 Å². The SMILES string of the molecule is C1=C(c2ccccc2)CN(Cc2ccccc2)C1. The Balaban J connectivity index is 1.65. The largest absolute Gasteiger partial charge is 0.291 e. The fourth-order valence-electron chi connectivity index (χ4n) is 2.43. The maximum absolute atomic E-state index is 2.47. The van der Waals surface area contributed by atoms with Gasteiger partial charge >= 0.3 is 0 Å². The average Bonchev–Trinajstić information content (AvgIpc) is 2.89. The van der Waals surface area contributed by atoms with Crippen LogP contribution in [0.2, 0.25) is 0 Å². The van der Waals surface area contributed by atoms with Gasteiger partial charge in [-0.2, -0.15) is 0 Å². The molecule has 0 spiro atoms. The normalized spacial score (nSPS) is 15.7. The zero-order valence-corrected chi connectivity index (χ0v) is 10.4.